The van der Waals surface area contributed by atoms with Gasteiger partial charge in [-0.05, 0) is 56.1 Å². The van der Waals surface area contributed by atoms with Crippen molar-refractivity contribution >= 4 is 28.9 Å². The molecule has 0 radical (unpaired) electrons. The van der Waals surface area contributed by atoms with Gasteiger partial charge in [-0.1, -0.05) is 45.4 Å². The van der Waals surface area contributed by atoms with E-state index in [1.165, 1.54) is 49.9 Å². The lowest BCUT2D eigenvalue weighted by molar-refractivity contribution is 0.0702. The fraction of sp³-hybridized carbons (Fsp3) is 0.762. The average Bonchev–Trinajstić information content (AvgIpc) is 3.17. The van der Waals surface area contributed by atoms with E-state index in [-0.39, 0.29) is 11.5 Å². The van der Waals surface area contributed by atoms with Crippen LogP contribution in [0, 0.1) is 11.8 Å². The molecular formula is C21H33ClO3S. The lowest BCUT2D eigenvalue weighted by atomic mass is 9.85. The number of aryl methyl sites for hydroxylation is 1. The molecule has 1 saturated carbocycles. The first kappa shape index (κ1) is 21.7. The largest absolute Gasteiger partial charge is 0.477 e. The van der Waals surface area contributed by atoms with E-state index in [9.17, 15) is 9.90 Å². The molecule has 1 heterocycles. The summed E-state index contributed by atoms with van der Waals surface area (Å²) < 4.78 is 0. The maximum Gasteiger partial charge on any atom is 0.345 e. The molecule has 0 aromatic carbocycles. The van der Waals surface area contributed by atoms with Crippen LogP contribution < -0.4 is 0 Å². The van der Waals surface area contributed by atoms with Crippen molar-refractivity contribution in [2.75, 3.05) is 0 Å². The third kappa shape index (κ3) is 6.54. The van der Waals surface area contributed by atoms with Gasteiger partial charge in [0.05, 0.1) is 6.10 Å². The highest BCUT2D eigenvalue weighted by Gasteiger charge is 2.40. The first-order valence-electron chi connectivity index (χ1n) is 10.2. The van der Waals surface area contributed by atoms with Crippen LogP contribution in [0.4, 0.5) is 0 Å². The highest BCUT2D eigenvalue weighted by Crippen LogP contribution is 2.42. The minimum Gasteiger partial charge on any atom is -0.477 e. The van der Waals surface area contributed by atoms with E-state index in [1.54, 1.807) is 6.07 Å². The molecular weight excluding hydrogens is 368 g/mol. The highest BCUT2D eigenvalue weighted by molar-refractivity contribution is 7.13. The molecule has 3 nitrogen and oxygen atoms in total. The Morgan fingerprint density at radius 2 is 1.81 bits per heavy atom. The molecule has 0 unspecified atom stereocenters. The van der Waals surface area contributed by atoms with Gasteiger partial charge >= 0.3 is 5.97 Å². The molecule has 0 bridgehead atoms. The fourth-order valence-corrected chi connectivity index (χ4v) is 5.62. The second-order valence-electron chi connectivity index (χ2n) is 7.67. The summed E-state index contributed by atoms with van der Waals surface area (Å²) in [5, 5.41) is 19.5. The van der Waals surface area contributed by atoms with Crippen molar-refractivity contribution in [3.05, 3.63) is 21.9 Å². The number of alkyl halides is 1. The third-order valence-electron chi connectivity index (χ3n) is 5.70. The zero-order valence-electron chi connectivity index (χ0n) is 15.8. The lowest BCUT2D eigenvalue weighted by Gasteiger charge is -2.23. The molecule has 5 heteroatoms. The van der Waals surface area contributed by atoms with Crippen LogP contribution in [0.5, 0.6) is 0 Å². The Morgan fingerprint density at radius 1 is 1.12 bits per heavy atom. The van der Waals surface area contributed by atoms with Crippen molar-refractivity contribution in [1.29, 1.82) is 0 Å². The number of carbonyl (C=O) groups is 1. The molecule has 26 heavy (non-hydrogen) atoms. The first-order valence-corrected chi connectivity index (χ1v) is 11.4. The zero-order chi connectivity index (χ0) is 18.9. The summed E-state index contributed by atoms with van der Waals surface area (Å²) >= 11 is 7.91. The van der Waals surface area contributed by atoms with E-state index in [0.717, 1.165) is 37.0 Å². The van der Waals surface area contributed by atoms with Crippen LogP contribution in [-0.4, -0.2) is 27.7 Å². The molecule has 0 spiro atoms. The van der Waals surface area contributed by atoms with E-state index in [4.69, 9.17) is 16.7 Å². The summed E-state index contributed by atoms with van der Waals surface area (Å²) in [6, 6.07) is 3.61. The van der Waals surface area contributed by atoms with E-state index in [2.05, 4.69) is 6.92 Å². The Balaban J connectivity index is 1.74. The number of aromatic carboxylic acids is 1. The molecule has 1 aliphatic rings. The molecule has 0 aliphatic heterocycles. The number of unbranched alkanes of at least 4 members (excludes halogenated alkanes) is 5. The van der Waals surface area contributed by atoms with E-state index >= 15 is 0 Å². The van der Waals surface area contributed by atoms with E-state index in [1.807, 2.05) is 6.07 Å². The van der Waals surface area contributed by atoms with Crippen molar-refractivity contribution < 1.29 is 15.0 Å². The Bertz CT molecular complexity index is 545. The zero-order valence-corrected chi connectivity index (χ0v) is 17.4. The Morgan fingerprint density at radius 3 is 2.50 bits per heavy atom. The Kier molecular flexibility index (Phi) is 9.44. The molecule has 0 saturated heterocycles. The fourth-order valence-electron chi connectivity index (χ4n) is 4.23. The van der Waals surface area contributed by atoms with Gasteiger partial charge in [0.15, 0.2) is 0 Å². The topological polar surface area (TPSA) is 57.5 Å². The quantitative estimate of drug-likeness (QED) is 0.328. The van der Waals surface area contributed by atoms with Crippen LogP contribution in [0.25, 0.3) is 0 Å². The summed E-state index contributed by atoms with van der Waals surface area (Å²) in [6.07, 6.45) is 12.2. The summed E-state index contributed by atoms with van der Waals surface area (Å²) in [7, 11) is 0. The normalized spacial score (nSPS) is 25.7. The van der Waals surface area contributed by atoms with Gasteiger partial charge in [-0.2, -0.15) is 0 Å². The minimum absolute atomic E-state index is 0.0769. The standard InChI is InChI=1S/C21H33ClO3S/c1-2-3-4-5-6-7-10-17-16(18(22)14-19(17)23)11-8-9-15-12-13-20(26-15)21(24)25/h12-13,16-19,23H,2-11,14H2,1H3,(H,24,25)/t16-,17-,18-,19-/m1/s1. The Hall–Kier alpha value is -0.580. The molecule has 2 N–H and O–H groups in total. The van der Waals surface area contributed by atoms with Crippen LogP contribution in [0.1, 0.15) is 85.7 Å². The number of aliphatic hydroxyl groups is 1. The smallest absolute Gasteiger partial charge is 0.345 e. The van der Waals surface area contributed by atoms with Crippen LogP contribution in [-0.2, 0) is 6.42 Å². The number of rotatable bonds is 12. The number of aliphatic hydroxyl groups excluding tert-OH is 1. The van der Waals surface area contributed by atoms with Gasteiger partial charge < -0.3 is 10.2 Å². The summed E-state index contributed by atoms with van der Waals surface area (Å²) in [4.78, 5) is 12.5. The van der Waals surface area contributed by atoms with Crippen molar-refractivity contribution in [1.82, 2.24) is 0 Å². The third-order valence-corrected chi connectivity index (χ3v) is 7.33. The second kappa shape index (κ2) is 11.3. The summed E-state index contributed by atoms with van der Waals surface area (Å²) in [5.41, 5.74) is 0. The average molecular weight is 401 g/mol. The minimum atomic E-state index is -0.847. The van der Waals surface area contributed by atoms with Crippen molar-refractivity contribution in [3.8, 4) is 0 Å². The molecule has 148 valence electrons. The predicted molar refractivity (Wildman–Crippen MR) is 109 cm³/mol. The molecule has 1 aromatic rings. The van der Waals surface area contributed by atoms with Gasteiger partial charge in [0.25, 0.3) is 0 Å². The monoisotopic (exact) mass is 400 g/mol. The first-order chi connectivity index (χ1) is 12.5. The van der Waals surface area contributed by atoms with Crippen LogP contribution >= 0.6 is 22.9 Å². The molecule has 1 aliphatic carbocycles. The molecule has 4 atom stereocenters. The maximum atomic E-state index is 11.0. The lowest BCUT2D eigenvalue weighted by Crippen LogP contribution is -2.21. The van der Waals surface area contributed by atoms with Gasteiger partial charge in [0.2, 0.25) is 0 Å². The van der Waals surface area contributed by atoms with Crippen LogP contribution in [0.3, 0.4) is 0 Å². The van der Waals surface area contributed by atoms with E-state index < -0.39 is 5.97 Å². The molecule has 1 aromatic heterocycles. The number of carboxylic acid groups (broad SMARTS) is 1. The van der Waals surface area contributed by atoms with Crippen LogP contribution in [0.2, 0.25) is 0 Å². The van der Waals surface area contributed by atoms with E-state index in [0.29, 0.717) is 16.7 Å². The van der Waals surface area contributed by atoms with Gasteiger partial charge in [-0.25, -0.2) is 4.79 Å². The number of hydrogen-bond acceptors (Lipinski definition) is 3. The summed E-state index contributed by atoms with van der Waals surface area (Å²) in [5.74, 6) is -0.122. The SMILES string of the molecule is CCCCCCCC[C@@H]1[C@@H](CCCc2ccc(C(=O)O)s2)[C@H](Cl)C[C@H]1O. The second-order valence-corrected chi connectivity index (χ2v) is 9.40. The van der Waals surface area contributed by atoms with Crippen LogP contribution in [0.15, 0.2) is 12.1 Å². The number of hydrogen-bond donors (Lipinski definition) is 2. The molecule has 1 fully saturated rings. The van der Waals surface area contributed by atoms with Crippen molar-refractivity contribution in [2.24, 2.45) is 11.8 Å². The number of halogens is 1. The van der Waals surface area contributed by atoms with Crippen molar-refractivity contribution in [2.45, 2.75) is 89.0 Å². The van der Waals surface area contributed by atoms with Gasteiger partial charge in [0.1, 0.15) is 4.88 Å². The van der Waals surface area contributed by atoms with Crippen molar-refractivity contribution in [3.63, 3.8) is 0 Å². The molecule has 2 rings (SSSR count). The van der Waals surface area contributed by atoms with Gasteiger partial charge in [-0.15, -0.1) is 22.9 Å². The number of carboxylic acids is 1. The number of thiophene rings is 1. The highest BCUT2D eigenvalue weighted by atomic mass is 35.5. The van der Waals surface area contributed by atoms with Gasteiger partial charge in [-0.3, -0.25) is 0 Å². The van der Waals surface area contributed by atoms with Gasteiger partial charge in [0, 0.05) is 10.3 Å². The summed E-state index contributed by atoms with van der Waals surface area (Å²) in [6.45, 7) is 2.23. The Labute approximate surface area is 166 Å². The predicted octanol–water partition coefficient (Wildman–Crippen LogP) is 6.12. The molecule has 0 amide bonds. The maximum absolute atomic E-state index is 11.0.